The molecule has 2 aromatic heterocycles. The lowest BCUT2D eigenvalue weighted by Crippen LogP contribution is -2.32. The quantitative estimate of drug-likeness (QED) is 0.887. The summed E-state index contributed by atoms with van der Waals surface area (Å²) in [5.41, 5.74) is 0. The second kappa shape index (κ2) is 6.18. The number of carboxylic acids is 1. The van der Waals surface area contributed by atoms with E-state index >= 15 is 0 Å². The van der Waals surface area contributed by atoms with E-state index in [1.807, 2.05) is 0 Å². The average molecular weight is 318 g/mol. The van der Waals surface area contributed by atoms with E-state index in [-0.39, 0.29) is 17.9 Å². The van der Waals surface area contributed by atoms with Crippen molar-refractivity contribution < 1.29 is 14.7 Å². The molecule has 2 aromatic rings. The molecule has 1 aliphatic rings. The third kappa shape index (κ3) is 3.11. The van der Waals surface area contributed by atoms with E-state index in [0.717, 1.165) is 0 Å². The molecule has 0 aliphatic heterocycles. The molecule has 1 fully saturated rings. The van der Waals surface area contributed by atoms with Gasteiger partial charge in [-0.3, -0.25) is 9.59 Å². The number of hydrogen-bond donors (Lipinski definition) is 2. The van der Waals surface area contributed by atoms with Crippen molar-refractivity contribution in [3.63, 3.8) is 0 Å². The SMILES string of the molecule is O=C(N[C@@H]1CC[C@H](C(=O)O)C1)c1cnc(-c2ncccn2)s1. The molecule has 0 unspecified atom stereocenters. The maximum Gasteiger partial charge on any atom is 0.306 e. The first kappa shape index (κ1) is 14.6. The zero-order chi connectivity index (χ0) is 15.5. The second-order valence-electron chi connectivity index (χ2n) is 5.12. The van der Waals surface area contributed by atoms with Crippen LogP contribution in [0.2, 0.25) is 0 Å². The summed E-state index contributed by atoms with van der Waals surface area (Å²) in [4.78, 5) is 35.9. The van der Waals surface area contributed by atoms with Crippen LogP contribution in [0.25, 0.3) is 10.8 Å². The highest BCUT2D eigenvalue weighted by Gasteiger charge is 2.31. The highest BCUT2D eigenvalue weighted by molar-refractivity contribution is 7.16. The van der Waals surface area contributed by atoms with Gasteiger partial charge in [-0.25, -0.2) is 15.0 Å². The first-order chi connectivity index (χ1) is 10.6. The third-order valence-electron chi connectivity index (χ3n) is 3.60. The van der Waals surface area contributed by atoms with Crippen LogP contribution in [0, 0.1) is 5.92 Å². The minimum atomic E-state index is -0.793. The number of hydrogen-bond acceptors (Lipinski definition) is 6. The smallest absolute Gasteiger partial charge is 0.306 e. The van der Waals surface area contributed by atoms with Crippen molar-refractivity contribution >= 4 is 23.2 Å². The summed E-state index contributed by atoms with van der Waals surface area (Å²) in [6.07, 6.45) is 6.51. The van der Waals surface area contributed by atoms with Gasteiger partial charge in [0.2, 0.25) is 0 Å². The van der Waals surface area contributed by atoms with Gasteiger partial charge in [0.05, 0.1) is 12.1 Å². The largest absolute Gasteiger partial charge is 0.481 e. The van der Waals surface area contributed by atoms with Gasteiger partial charge in [-0.1, -0.05) is 0 Å². The molecule has 3 rings (SSSR count). The summed E-state index contributed by atoms with van der Waals surface area (Å²) in [5, 5.41) is 12.4. The predicted octanol–water partition coefficient (Wildman–Crippen LogP) is 1.58. The fraction of sp³-hybridized carbons (Fsp3) is 0.357. The summed E-state index contributed by atoms with van der Waals surface area (Å²) in [6, 6.07) is 1.62. The lowest BCUT2D eigenvalue weighted by Gasteiger charge is -2.10. The summed E-state index contributed by atoms with van der Waals surface area (Å²) in [7, 11) is 0. The van der Waals surface area contributed by atoms with E-state index in [0.29, 0.717) is 35.0 Å². The summed E-state index contributed by atoms with van der Waals surface area (Å²) in [6.45, 7) is 0. The van der Waals surface area contributed by atoms with Crippen molar-refractivity contribution in [2.75, 3.05) is 0 Å². The molecule has 1 amide bonds. The lowest BCUT2D eigenvalue weighted by molar-refractivity contribution is -0.141. The summed E-state index contributed by atoms with van der Waals surface area (Å²) < 4.78 is 0. The van der Waals surface area contributed by atoms with Crippen LogP contribution in [0.1, 0.15) is 28.9 Å². The molecule has 0 aromatic carbocycles. The number of rotatable bonds is 4. The molecule has 22 heavy (non-hydrogen) atoms. The Morgan fingerprint density at radius 3 is 2.68 bits per heavy atom. The normalized spacial score (nSPS) is 20.7. The van der Waals surface area contributed by atoms with E-state index in [1.165, 1.54) is 17.5 Å². The number of carbonyl (C=O) groups is 2. The fourth-order valence-corrected chi connectivity index (χ4v) is 3.25. The maximum absolute atomic E-state index is 12.2. The summed E-state index contributed by atoms with van der Waals surface area (Å²) in [5.74, 6) is -0.896. The van der Waals surface area contributed by atoms with Crippen LogP contribution >= 0.6 is 11.3 Å². The van der Waals surface area contributed by atoms with E-state index < -0.39 is 5.97 Å². The Bertz CT molecular complexity index is 688. The Kier molecular flexibility index (Phi) is 4.10. The molecule has 0 radical (unpaired) electrons. The number of nitrogens with zero attached hydrogens (tertiary/aromatic N) is 3. The topological polar surface area (TPSA) is 105 Å². The number of amides is 1. The zero-order valence-electron chi connectivity index (χ0n) is 11.6. The number of nitrogens with one attached hydrogen (secondary N) is 1. The van der Waals surface area contributed by atoms with Crippen molar-refractivity contribution in [2.45, 2.75) is 25.3 Å². The number of aromatic nitrogens is 3. The minimum Gasteiger partial charge on any atom is -0.481 e. The predicted molar refractivity (Wildman–Crippen MR) is 79.4 cm³/mol. The Morgan fingerprint density at radius 2 is 2.00 bits per heavy atom. The highest BCUT2D eigenvalue weighted by Crippen LogP contribution is 2.27. The third-order valence-corrected chi connectivity index (χ3v) is 4.60. The minimum absolute atomic E-state index is 0.0906. The number of carboxylic acid groups (broad SMARTS) is 1. The molecular weight excluding hydrogens is 304 g/mol. The van der Waals surface area contributed by atoms with Crippen molar-refractivity contribution in [1.29, 1.82) is 0 Å². The molecule has 7 nitrogen and oxygen atoms in total. The van der Waals surface area contributed by atoms with E-state index in [2.05, 4.69) is 20.3 Å². The van der Waals surface area contributed by atoms with Gasteiger partial charge in [-0.05, 0) is 25.3 Å². The monoisotopic (exact) mass is 318 g/mol. The Hall–Kier alpha value is -2.35. The van der Waals surface area contributed by atoms with Crippen LogP contribution < -0.4 is 5.32 Å². The van der Waals surface area contributed by atoms with Crippen LogP contribution in [-0.4, -0.2) is 38.0 Å². The van der Waals surface area contributed by atoms with Gasteiger partial charge in [0, 0.05) is 18.4 Å². The molecule has 2 N–H and O–H groups in total. The van der Waals surface area contributed by atoms with Crippen molar-refractivity contribution in [3.8, 4) is 10.8 Å². The Balaban J connectivity index is 1.64. The summed E-state index contributed by atoms with van der Waals surface area (Å²) >= 11 is 1.22. The van der Waals surface area contributed by atoms with Gasteiger partial charge in [0.25, 0.3) is 5.91 Å². The molecule has 0 saturated heterocycles. The molecule has 1 saturated carbocycles. The first-order valence-corrected chi connectivity index (χ1v) is 7.72. The van der Waals surface area contributed by atoms with Gasteiger partial charge < -0.3 is 10.4 Å². The van der Waals surface area contributed by atoms with Crippen LogP contribution in [0.3, 0.4) is 0 Å². The molecule has 1 aliphatic carbocycles. The van der Waals surface area contributed by atoms with Crippen LogP contribution in [0.4, 0.5) is 0 Å². The van der Waals surface area contributed by atoms with Crippen molar-refractivity contribution in [1.82, 2.24) is 20.3 Å². The van der Waals surface area contributed by atoms with E-state index in [4.69, 9.17) is 5.11 Å². The van der Waals surface area contributed by atoms with Gasteiger partial charge in [-0.15, -0.1) is 11.3 Å². The van der Waals surface area contributed by atoms with Gasteiger partial charge in [0.1, 0.15) is 4.88 Å². The molecule has 0 bridgehead atoms. The highest BCUT2D eigenvalue weighted by atomic mass is 32.1. The van der Waals surface area contributed by atoms with E-state index in [9.17, 15) is 9.59 Å². The molecule has 0 spiro atoms. The Morgan fingerprint density at radius 1 is 1.23 bits per heavy atom. The van der Waals surface area contributed by atoms with Crippen LogP contribution in [0.5, 0.6) is 0 Å². The fourth-order valence-electron chi connectivity index (χ4n) is 2.49. The van der Waals surface area contributed by atoms with Crippen molar-refractivity contribution in [3.05, 3.63) is 29.5 Å². The zero-order valence-corrected chi connectivity index (χ0v) is 12.4. The molecule has 114 valence electrons. The van der Waals surface area contributed by atoms with Crippen LogP contribution in [0.15, 0.2) is 24.7 Å². The van der Waals surface area contributed by atoms with Crippen LogP contribution in [-0.2, 0) is 4.79 Å². The lowest BCUT2D eigenvalue weighted by atomic mass is 10.1. The number of thiazole rings is 1. The molecule has 8 heteroatoms. The van der Waals surface area contributed by atoms with E-state index in [1.54, 1.807) is 18.5 Å². The van der Waals surface area contributed by atoms with Gasteiger partial charge in [0.15, 0.2) is 10.8 Å². The maximum atomic E-state index is 12.2. The molecule has 2 atom stereocenters. The Labute approximate surface area is 130 Å². The molecule has 2 heterocycles. The van der Waals surface area contributed by atoms with Gasteiger partial charge in [-0.2, -0.15) is 0 Å². The standard InChI is InChI=1S/C14H14N4O3S/c19-12(18-9-3-2-8(6-9)14(20)21)10-7-17-13(22-10)11-15-4-1-5-16-11/h1,4-5,7-9H,2-3,6H2,(H,18,19)(H,20,21)/t8-,9+/m0/s1. The van der Waals surface area contributed by atoms with Gasteiger partial charge >= 0.3 is 5.97 Å². The average Bonchev–Trinajstić information content (AvgIpc) is 3.17. The number of aliphatic carboxylic acids is 1. The van der Waals surface area contributed by atoms with Crippen molar-refractivity contribution in [2.24, 2.45) is 5.92 Å². The second-order valence-corrected chi connectivity index (χ2v) is 6.15. The first-order valence-electron chi connectivity index (χ1n) is 6.90. The molecular formula is C14H14N4O3S. The number of carbonyl (C=O) groups excluding carboxylic acids is 1.